The Morgan fingerprint density at radius 3 is 3.00 bits per heavy atom. The van der Waals surface area contributed by atoms with Gasteiger partial charge in [-0.3, -0.25) is 4.79 Å². The Hall–Kier alpha value is -3.40. The molecule has 0 saturated heterocycles. The number of nitrogens with zero attached hydrogens (tertiary/aromatic N) is 2. The van der Waals surface area contributed by atoms with Gasteiger partial charge in [0, 0.05) is 41.5 Å². The minimum absolute atomic E-state index is 0.159. The van der Waals surface area contributed by atoms with Gasteiger partial charge in [0.1, 0.15) is 5.65 Å². The fourth-order valence-corrected chi connectivity index (χ4v) is 3.90. The van der Waals surface area contributed by atoms with Crippen LogP contribution in [0.2, 0.25) is 0 Å². The number of carbonyl (C=O) groups is 1. The highest BCUT2D eigenvalue weighted by Gasteiger charge is 2.15. The van der Waals surface area contributed by atoms with Gasteiger partial charge >= 0.3 is 0 Å². The molecule has 0 bridgehead atoms. The molecule has 4 nitrogen and oxygen atoms in total. The molecule has 0 fully saturated rings. The number of allylic oxidation sites excluding steroid dienone is 4. The summed E-state index contributed by atoms with van der Waals surface area (Å²) in [6, 6.07) is 10.2. The van der Waals surface area contributed by atoms with Crippen LogP contribution in [-0.4, -0.2) is 20.2 Å². The third-order valence-corrected chi connectivity index (χ3v) is 5.37. The van der Waals surface area contributed by atoms with Crippen LogP contribution in [0.25, 0.3) is 22.1 Å². The molecule has 1 aromatic carbocycles. The molecule has 0 unspecified atom stereocenters. The average molecular weight is 367 g/mol. The predicted octanol–water partition coefficient (Wildman–Crippen LogP) is 5.28. The van der Waals surface area contributed by atoms with Crippen LogP contribution in [0.5, 0.6) is 0 Å². The van der Waals surface area contributed by atoms with Crippen molar-refractivity contribution in [2.24, 2.45) is 0 Å². The SMILES string of the molecule is Cc1ccc2nc(CCC(=O)c3cc(C4=CC=CC4)cc4[nH]ccc34)cn2c1. The smallest absolute Gasteiger partial charge is 0.163 e. The summed E-state index contributed by atoms with van der Waals surface area (Å²) in [7, 11) is 0. The molecule has 0 amide bonds. The summed E-state index contributed by atoms with van der Waals surface area (Å²) in [6.07, 6.45) is 14.3. The highest BCUT2D eigenvalue weighted by molar-refractivity contribution is 6.08. The lowest BCUT2D eigenvalue weighted by atomic mass is 9.95. The highest BCUT2D eigenvalue weighted by Crippen LogP contribution is 2.29. The molecule has 138 valence electrons. The Morgan fingerprint density at radius 1 is 1.21 bits per heavy atom. The molecular weight excluding hydrogens is 346 g/mol. The molecule has 28 heavy (non-hydrogen) atoms. The minimum Gasteiger partial charge on any atom is -0.361 e. The number of aryl methyl sites for hydroxylation is 2. The number of aromatic amines is 1. The molecular formula is C24H21N3O. The predicted molar refractivity (Wildman–Crippen MR) is 113 cm³/mol. The number of hydrogen-bond donors (Lipinski definition) is 1. The van der Waals surface area contributed by atoms with Gasteiger partial charge in [0.2, 0.25) is 0 Å². The van der Waals surface area contributed by atoms with Crippen LogP contribution in [0, 0.1) is 6.92 Å². The van der Waals surface area contributed by atoms with Crippen molar-refractivity contribution in [1.82, 2.24) is 14.4 Å². The van der Waals surface area contributed by atoms with Gasteiger partial charge < -0.3 is 9.38 Å². The lowest BCUT2D eigenvalue weighted by molar-refractivity contribution is 0.0984. The third-order valence-electron chi connectivity index (χ3n) is 5.37. The van der Waals surface area contributed by atoms with Crippen LogP contribution in [-0.2, 0) is 6.42 Å². The summed E-state index contributed by atoms with van der Waals surface area (Å²) in [5, 5.41) is 0.992. The monoisotopic (exact) mass is 367 g/mol. The summed E-state index contributed by atoms with van der Waals surface area (Å²) in [5.74, 6) is 0.159. The van der Waals surface area contributed by atoms with E-state index >= 15 is 0 Å². The molecule has 1 aliphatic rings. The van der Waals surface area contributed by atoms with E-state index in [-0.39, 0.29) is 5.78 Å². The van der Waals surface area contributed by atoms with Crippen molar-refractivity contribution in [2.45, 2.75) is 26.2 Å². The van der Waals surface area contributed by atoms with Crippen LogP contribution >= 0.6 is 0 Å². The van der Waals surface area contributed by atoms with Crippen LogP contribution in [0.3, 0.4) is 0 Å². The first-order valence-electron chi connectivity index (χ1n) is 9.62. The maximum absolute atomic E-state index is 13.1. The normalized spacial score (nSPS) is 13.5. The van der Waals surface area contributed by atoms with E-state index in [0.29, 0.717) is 12.8 Å². The van der Waals surface area contributed by atoms with Crippen molar-refractivity contribution in [3.8, 4) is 0 Å². The number of H-pyrrole nitrogens is 1. The molecule has 0 atom stereocenters. The molecule has 5 rings (SSSR count). The second-order valence-corrected chi connectivity index (χ2v) is 7.41. The van der Waals surface area contributed by atoms with E-state index in [4.69, 9.17) is 0 Å². The number of Topliss-reactive ketones (excluding diaryl/α,β-unsaturated/α-hetero) is 1. The zero-order chi connectivity index (χ0) is 19.1. The largest absolute Gasteiger partial charge is 0.361 e. The minimum atomic E-state index is 0.159. The molecule has 0 spiro atoms. The van der Waals surface area contributed by atoms with E-state index in [0.717, 1.165) is 39.8 Å². The number of fused-ring (bicyclic) bond motifs is 2. The number of aromatic nitrogens is 3. The standard InChI is InChI=1S/C24H21N3O/c1-16-6-9-24-26-19(15-27(24)14-16)7-8-23(28)21-12-18(17-4-2-3-5-17)13-22-20(21)10-11-25-22/h2-4,6,9-15,25H,5,7-8H2,1H3. The van der Waals surface area contributed by atoms with Crippen LogP contribution in [0.1, 0.15) is 40.0 Å². The van der Waals surface area contributed by atoms with Gasteiger partial charge in [-0.2, -0.15) is 0 Å². The summed E-state index contributed by atoms with van der Waals surface area (Å²) in [4.78, 5) is 21.0. The van der Waals surface area contributed by atoms with Crippen LogP contribution in [0.4, 0.5) is 0 Å². The van der Waals surface area contributed by atoms with Crippen molar-refractivity contribution in [2.75, 3.05) is 0 Å². The summed E-state index contributed by atoms with van der Waals surface area (Å²) in [5.41, 5.74) is 7.23. The maximum Gasteiger partial charge on any atom is 0.163 e. The summed E-state index contributed by atoms with van der Waals surface area (Å²) >= 11 is 0. The number of imidazole rings is 1. The van der Waals surface area contributed by atoms with Crippen molar-refractivity contribution in [3.63, 3.8) is 0 Å². The molecule has 0 saturated carbocycles. The van der Waals surface area contributed by atoms with Gasteiger partial charge in [0.15, 0.2) is 5.78 Å². The molecule has 3 heterocycles. The Balaban J connectivity index is 1.42. The highest BCUT2D eigenvalue weighted by atomic mass is 16.1. The van der Waals surface area contributed by atoms with Crippen molar-refractivity contribution < 1.29 is 4.79 Å². The first kappa shape index (κ1) is 16.8. The zero-order valence-electron chi connectivity index (χ0n) is 15.8. The molecule has 3 aromatic heterocycles. The van der Waals surface area contributed by atoms with Crippen molar-refractivity contribution >= 4 is 27.9 Å². The second kappa shape index (κ2) is 6.64. The molecule has 0 radical (unpaired) electrons. The number of rotatable bonds is 5. The van der Waals surface area contributed by atoms with Gasteiger partial charge in [-0.15, -0.1) is 0 Å². The number of hydrogen-bond acceptors (Lipinski definition) is 2. The topological polar surface area (TPSA) is 50.2 Å². The van der Waals surface area contributed by atoms with Crippen LogP contribution in [0.15, 0.2) is 67.2 Å². The average Bonchev–Trinajstić information content (AvgIpc) is 3.44. The molecule has 1 aliphatic carbocycles. The van der Waals surface area contributed by atoms with E-state index in [1.807, 2.05) is 35.0 Å². The fraction of sp³-hybridized carbons (Fsp3) is 0.167. The number of pyridine rings is 1. The van der Waals surface area contributed by atoms with Gasteiger partial charge in [-0.25, -0.2) is 4.98 Å². The number of benzene rings is 1. The fourth-order valence-electron chi connectivity index (χ4n) is 3.90. The number of carbonyl (C=O) groups excluding carboxylic acids is 1. The first-order valence-corrected chi connectivity index (χ1v) is 9.62. The van der Waals surface area contributed by atoms with Gasteiger partial charge in [-0.1, -0.05) is 24.3 Å². The van der Waals surface area contributed by atoms with Gasteiger partial charge in [-0.05, 0) is 60.7 Å². The number of ketones is 1. The Kier molecular flexibility index (Phi) is 3.97. The van der Waals surface area contributed by atoms with Crippen molar-refractivity contribution in [3.05, 3.63) is 89.5 Å². The maximum atomic E-state index is 13.1. The quantitative estimate of drug-likeness (QED) is 0.488. The lowest BCUT2D eigenvalue weighted by Crippen LogP contribution is -2.03. The Labute approximate surface area is 163 Å². The summed E-state index contributed by atoms with van der Waals surface area (Å²) < 4.78 is 2.03. The van der Waals surface area contributed by atoms with Crippen LogP contribution < -0.4 is 0 Å². The van der Waals surface area contributed by atoms with E-state index in [2.05, 4.69) is 53.4 Å². The first-order chi connectivity index (χ1) is 13.7. The molecule has 4 aromatic rings. The Morgan fingerprint density at radius 2 is 2.14 bits per heavy atom. The molecule has 0 aliphatic heterocycles. The summed E-state index contributed by atoms with van der Waals surface area (Å²) in [6.45, 7) is 2.06. The van der Waals surface area contributed by atoms with E-state index in [9.17, 15) is 4.79 Å². The second-order valence-electron chi connectivity index (χ2n) is 7.41. The molecule has 4 heteroatoms. The lowest BCUT2D eigenvalue weighted by Gasteiger charge is -2.08. The molecule has 1 N–H and O–H groups in total. The van der Waals surface area contributed by atoms with E-state index < -0.39 is 0 Å². The van der Waals surface area contributed by atoms with Gasteiger partial charge in [0.25, 0.3) is 0 Å². The van der Waals surface area contributed by atoms with Gasteiger partial charge in [0.05, 0.1) is 5.69 Å². The van der Waals surface area contributed by atoms with E-state index in [1.165, 1.54) is 11.1 Å². The Bertz CT molecular complexity index is 1270. The third kappa shape index (κ3) is 2.97. The zero-order valence-corrected chi connectivity index (χ0v) is 15.8. The van der Waals surface area contributed by atoms with E-state index in [1.54, 1.807) is 0 Å². The van der Waals surface area contributed by atoms with Crippen molar-refractivity contribution in [1.29, 1.82) is 0 Å². The number of nitrogens with one attached hydrogen (secondary N) is 1.